The average Bonchev–Trinajstić information content (AvgIpc) is 2.95. The zero-order chi connectivity index (χ0) is 16.2. The summed E-state index contributed by atoms with van der Waals surface area (Å²) in [5, 5.41) is 9.44. The Morgan fingerprint density at radius 1 is 1.17 bits per heavy atom. The van der Waals surface area contributed by atoms with Crippen molar-refractivity contribution in [2.24, 2.45) is 0 Å². The number of amides is 1. The minimum atomic E-state index is -0.381. The molecular weight excluding hydrogens is 294 g/mol. The predicted molar refractivity (Wildman–Crippen MR) is 85.7 cm³/mol. The van der Waals surface area contributed by atoms with Gasteiger partial charge in [-0.25, -0.2) is 9.97 Å². The van der Waals surface area contributed by atoms with Gasteiger partial charge in [-0.2, -0.15) is 0 Å². The van der Waals surface area contributed by atoms with Crippen LogP contribution < -0.4 is 10.6 Å². The number of aromatic nitrogens is 3. The van der Waals surface area contributed by atoms with E-state index in [1.54, 1.807) is 13.0 Å². The molecule has 7 heteroatoms. The van der Waals surface area contributed by atoms with Crippen molar-refractivity contribution in [1.82, 2.24) is 15.1 Å². The van der Waals surface area contributed by atoms with Crippen molar-refractivity contribution < 1.29 is 9.32 Å². The van der Waals surface area contributed by atoms with Gasteiger partial charge in [0.05, 0.1) is 0 Å². The summed E-state index contributed by atoms with van der Waals surface area (Å²) in [5.74, 6) is 0.932. The zero-order valence-corrected chi connectivity index (χ0v) is 12.7. The van der Waals surface area contributed by atoms with E-state index in [0.29, 0.717) is 17.5 Å². The molecule has 0 aliphatic rings. The van der Waals surface area contributed by atoms with E-state index in [9.17, 15) is 4.79 Å². The van der Waals surface area contributed by atoms with E-state index in [4.69, 9.17) is 4.52 Å². The highest BCUT2D eigenvalue weighted by molar-refractivity contribution is 6.02. The van der Waals surface area contributed by atoms with E-state index < -0.39 is 0 Å². The molecule has 0 saturated heterocycles. The van der Waals surface area contributed by atoms with Crippen LogP contribution in [0.2, 0.25) is 0 Å². The third kappa shape index (κ3) is 3.52. The van der Waals surface area contributed by atoms with E-state index in [1.807, 2.05) is 31.2 Å². The highest BCUT2D eigenvalue weighted by Crippen LogP contribution is 2.17. The monoisotopic (exact) mass is 309 g/mol. The second kappa shape index (κ2) is 6.27. The fourth-order valence-corrected chi connectivity index (χ4v) is 1.98. The molecule has 2 N–H and O–H groups in total. The molecule has 1 aromatic carbocycles. The van der Waals surface area contributed by atoms with Crippen LogP contribution in [0.5, 0.6) is 0 Å². The molecule has 0 unspecified atom stereocenters. The minimum absolute atomic E-state index is 0.233. The lowest BCUT2D eigenvalue weighted by Crippen LogP contribution is -2.15. The molecule has 0 radical (unpaired) electrons. The quantitative estimate of drug-likeness (QED) is 0.769. The molecule has 7 nitrogen and oxygen atoms in total. The number of anilines is 3. The predicted octanol–water partition coefficient (Wildman–Crippen LogP) is 3.08. The van der Waals surface area contributed by atoms with E-state index in [2.05, 4.69) is 25.8 Å². The molecule has 23 heavy (non-hydrogen) atoms. The fraction of sp³-hybridized carbons (Fsp3) is 0.125. The smallest absolute Gasteiger partial charge is 0.275 e. The third-order valence-electron chi connectivity index (χ3n) is 3.15. The molecule has 3 aromatic rings. The van der Waals surface area contributed by atoms with E-state index in [-0.39, 0.29) is 11.6 Å². The maximum absolute atomic E-state index is 12.2. The second-order valence-corrected chi connectivity index (χ2v) is 4.98. The number of hydrogen-bond donors (Lipinski definition) is 2. The molecule has 0 spiro atoms. The Bertz CT molecular complexity index is 844. The number of nitrogens with one attached hydrogen (secondary N) is 2. The van der Waals surface area contributed by atoms with Crippen LogP contribution in [0.4, 0.5) is 17.5 Å². The van der Waals surface area contributed by atoms with Crippen molar-refractivity contribution in [2.75, 3.05) is 10.6 Å². The van der Waals surface area contributed by atoms with Gasteiger partial charge in [-0.3, -0.25) is 4.79 Å². The Kier molecular flexibility index (Phi) is 4.01. The largest absolute Gasteiger partial charge is 0.360 e. The van der Waals surface area contributed by atoms with Crippen molar-refractivity contribution in [1.29, 1.82) is 0 Å². The highest BCUT2D eigenvalue weighted by Gasteiger charge is 2.11. The van der Waals surface area contributed by atoms with Crippen LogP contribution in [-0.2, 0) is 0 Å². The first-order chi connectivity index (χ1) is 11.1. The van der Waals surface area contributed by atoms with Crippen molar-refractivity contribution in [3.63, 3.8) is 0 Å². The first-order valence-electron chi connectivity index (χ1n) is 7.02. The second-order valence-electron chi connectivity index (χ2n) is 4.98. The van der Waals surface area contributed by atoms with Gasteiger partial charge in [0.15, 0.2) is 5.82 Å². The molecule has 2 heterocycles. The van der Waals surface area contributed by atoms with Gasteiger partial charge in [-0.05, 0) is 31.5 Å². The van der Waals surface area contributed by atoms with E-state index in [0.717, 1.165) is 11.3 Å². The average molecular weight is 309 g/mol. The molecule has 0 aliphatic carbocycles. The summed E-state index contributed by atoms with van der Waals surface area (Å²) in [6.45, 7) is 3.73. The molecule has 0 aliphatic heterocycles. The number of carbonyl (C=O) groups is 1. The van der Waals surface area contributed by atoms with Crippen molar-refractivity contribution in [2.45, 2.75) is 13.8 Å². The van der Waals surface area contributed by atoms with Gasteiger partial charge in [0, 0.05) is 18.0 Å². The lowest BCUT2D eigenvalue weighted by Gasteiger charge is -2.08. The molecule has 116 valence electrons. The topological polar surface area (TPSA) is 92.9 Å². The number of aryl methyl sites for hydroxylation is 2. The van der Waals surface area contributed by atoms with Gasteiger partial charge in [-0.1, -0.05) is 23.4 Å². The molecule has 0 bridgehead atoms. The third-order valence-corrected chi connectivity index (χ3v) is 3.15. The maximum atomic E-state index is 12.2. The SMILES string of the molecule is Cc1cc(NC(=O)c2ccnc(Nc3ccccc3C)n2)no1. The highest BCUT2D eigenvalue weighted by atomic mass is 16.5. The Morgan fingerprint density at radius 3 is 2.74 bits per heavy atom. The van der Waals surface area contributed by atoms with Gasteiger partial charge in [0.2, 0.25) is 5.95 Å². The number of benzene rings is 1. The van der Waals surface area contributed by atoms with Crippen LogP contribution in [0.3, 0.4) is 0 Å². The maximum Gasteiger partial charge on any atom is 0.275 e. The minimum Gasteiger partial charge on any atom is -0.360 e. The summed E-state index contributed by atoms with van der Waals surface area (Å²) in [6, 6.07) is 10.9. The number of carbonyl (C=O) groups excluding carboxylic acids is 1. The van der Waals surface area contributed by atoms with Crippen molar-refractivity contribution >= 4 is 23.4 Å². The van der Waals surface area contributed by atoms with Gasteiger partial charge >= 0.3 is 0 Å². The summed E-state index contributed by atoms with van der Waals surface area (Å²) in [7, 11) is 0. The van der Waals surface area contributed by atoms with Gasteiger partial charge in [0.1, 0.15) is 11.5 Å². The summed E-state index contributed by atoms with van der Waals surface area (Å²) in [6.07, 6.45) is 1.52. The number of para-hydroxylation sites is 1. The van der Waals surface area contributed by atoms with E-state index >= 15 is 0 Å². The number of rotatable bonds is 4. The Balaban J connectivity index is 1.77. The summed E-state index contributed by atoms with van der Waals surface area (Å²) >= 11 is 0. The molecular formula is C16H15N5O2. The van der Waals surface area contributed by atoms with Gasteiger partial charge < -0.3 is 15.2 Å². The first-order valence-corrected chi connectivity index (χ1v) is 7.02. The Hall–Kier alpha value is -3.22. The van der Waals surface area contributed by atoms with Crippen LogP contribution in [0.1, 0.15) is 21.8 Å². The summed E-state index contributed by atoms with van der Waals surface area (Å²) in [5.41, 5.74) is 2.18. The Morgan fingerprint density at radius 2 is 2.00 bits per heavy atom. The molecule has 0 atom stereocenters. The van der Waals surface area contributed by atoms with Crippen LogP contribution in [0.25, 0.3) is 0 Å². The summed E-state index contributed by atoms with van der Waals surface area (Å²) < 4.78 is 4.91. The molecule has 0 saturated carbocycles. The van der Waals surface area contributed by atoms with E-state index in [1.165, 1.54) is 12.3 Å². The standard InChI is InChI=1S/C16H15N5O2/c1-10-5-3-4-6-12(10)18-16-17-8-7-13(19-16)15(22)20-14-9-11(2)23-21-14/h3-9H,1-2H3,(H,17,18,19)(H,20,21,22). The number of hydrogen-bond acceptors (Lipinski definition) is 6. The van der Waals surface area contributed by atoms with Crippen LogP contribution >= 0.6 is 0 Å². The lowest BCUT2D eigenvalue weighted by molar-refractivity contribution is 0.102. The lowest BCUT2D eigenvalue weighted by atomic mass is 10.2. The van der Waals surface area contributed by atoms with Crippen LogP contribution in [0, 0.1) is 13.8 Å². The van der Waals surface area contributed by atoms with Crippen LogP contribution in [0.15, 0.2) is 47.1 Å². The Labute approximate surface area is 132 Å². The zero-order valence-electron chi connectivity index (χ0n) is 12.7. The normalized spacial score (nSPS) is 10.3. The fourth-order valence-electron chi connectivity index (χ4n) is 1.98. The van der Waals surface area contributed by atoms with Crippen molar-refractivity contribution in [3.05, 3.63) is 59.6 Å². The molecule has 3 rings (SSSR count). The van der Waals surface area contributed by atoms with Gasteiger partial charge in [-0.15, -0.1) is 0 Å². The summed E-state index contributed by atoms with van der Waals surface area (Å²) in [4.78, 5) is 20.5. The first kappa shape index (κ1) is 14.7. The van der Waals surface area contributed by atoms with Crippen LogP contribution in [-0.4, -0.2) is 21.0 Å². The van der Waals surface area contributed by atoms with Gasteiger partial charge in [0.25, 0.3) is 5.91 Å². The molecule has 0 fully saturated rings. The van der Waals surface area contributed by atoms with Crippen molar-refractivity contribution in [3.8, 4) is 0 Å². The number of nitrogens with zero attached hydrogens (tertiary/aromatic N) is 3. The molecule has 2 aromatic heterocycles. The molecule has 1 amide bonds.